The lowest BCUT2D eigenvalue weighted by atomic mass is 10.1. The Morgan fingerprint density at radius 2 is 1.60 bits per heavy atom. The zero-order chi connectivity index (χ0) is 11.0. The molecule has 1 aromatic carbocycles. The molecule has 5 heteroatoms. The molecule has 0 saturated heterocycles. The number of nitrogens with zero attached hydrogens (tertiary/aromatic N) is 1. The molecule has 15 heavy (non-hydrogen) atoms. The molecule has 1 heterocycles. The first-order valence-corrected chi connectivity index (χ1v) is 4.26. The third-order valence-electron chi connectivity index (χ3n) is 2.17. The van der Waals surface area contributed by atoms with Gasteiger partial charge < -0.3 is 9.90 Å². The highest BCUT2D eigenvalue weighted by molar-refractivity contribution is 6.22. The van der Waals surface area contributed by atoms with Crippen molar-refractivity contribution in [2.75, 3.05) is 6.54 Å². The summed E-state index contributed by atoms with van der Waals surface area (Å²) >= 11 is 0. The molecule has 0 radical (unpaired) electrons. The van der Waals surface area contributed by atoms with Gasteiger partial charge in [-0.2, -0.15) is 0 Å². The molecule has 0 spiro atoms. The average molecular weight is 204 g/mol. The smallest absolute Gasteiger partial charge is 0.261 e. The largest absolute Gasteiger partial charge is 0.548 e. The molecule has 1 aliphatic heterocycles. The molecule has 1 aliphatic rings. The Balaban J connectivity index is 2.41. The van der Waals surface area contributed by atoms with Crippen LogP contribution in [0.3, 0.4) is 0 Å². The second kappa shape index (κ2) is 3.20. The molecule has 76 valence electrons. The Bertz CT molecular complexity index is 431. The number of rotatable bonds is 2. The SMILES string of the molecule is O=C([O-])CN1C(=O)c2ccccc2C1=O. The number of fused-ring (bicyclic) bond motifs is 1. The first kappa shape index (κ1) is 9.39. The Labute approximate surface area is 84.9 Å². The first-order valence-electron chi connectivity index (χ1n) is 4.26. The van der Waals surface area contributed by atoms with Crippen LogP contribution in [-0.4, -0.2) is 29.2 Å². The number of hydrogen-bond donors (Lipinski definition) is 0. The topological polar surface area (TPSA) is 77.5 Å². The van der Waals surface area contributed by atoms with Crippen LogP contribution in [0.4, 0.5) is 0 Å². The molecule has 0 aliphatic carbocycles. The summed E-state index contributed by atoms with van der Waals surface area (Å²) in [4.78, 5) is 34.1. The summed E-state index contributed by atoms with van der Waals surface area (Å²) in [5, 5.41) is 10.3. The molecule has 0 aromatic heterocycles. The van der Waals surface area contributed by atoms with Gasteiger partial charge >= 0.3 is 0 Å². The second-order valence-corrected chi connectivity index (χ2v) is 3.11. The number of carboxylic acid groups (broad SMARTS) is 1. The number of carboxylic acids is 1. The fraction of sp³-hybridized carbons (Fsp3) is 0.100. The first-order chi connectivity index (χ1) is 7.11. The van der Waals surface area contributed by atoms with Gasteiger partial charge in [-0.25, -0.2) is 0 Å². The summed E-state index contributed by atoms with van der Waals surface area (Å²) < 4.78 is 0. The highest BCUT2D eigenvalue weighted by Gasteiger charge is 2.34. The fourth-order valence-electron chi connectivity index (χ4n) is 1.51. The van der Waals surface area contributed by atoms with Gasteiger partial charge in [-0.05, 0) is 12.1 Å². The number of hydrogen-bond acceptors (Lipinski definition) is 4. The van der Waals surface area contributed by atoms with E-state index in [0.717, 1.165) is 0 Å². The van der Waals surface area contributed by atoms with Gasteiger partial charge in [0.1, 0.15) is 0 Å². The lowest BCUT2D eigenvalue weighted by molar-refractivity contribution is -0.305. The maximum absolute atomic E-state index is 11.6. The number of aliphatic carboxylic acids is 1. The van der Waals surface area contributed by atoms with Crippen molar-refractivity contribution in [3.05, 3.63) is 35.4 Å². The summed E-state index contributed by atoms with van der Waals surface area (Å²) in [7, 11) is 0. The summed E-state index contributed by atoms with van der Waals surface area (Å²) in [6, 6.07) is 6.22. The zero-order valence-electron chi connectivity index (χ0n) is 7.60. The van der Waals surface area contributed by atoms with E-state index < -0.39 is 24.3 Å². The van der Waals surface area contributed by atoms with Crippen LogP contribution in [-0.2, 0) is 4.79 Å². The van der Waals surface area contributed by atoms with Crippen LogP contribution in [0.5, 0.6) is 0 Å². The van der Waals surface area contributed by atoms with E-state index in [-0.39, 0.29) is 11.1 Å². The number of carbonyl (C=O) groups excluding carboxylic acids is 3. The fourth-order valence-corrected chi connectivity index (χ4v) is 1.51. The van der Waals surface area contributed by atoms with E-state index in [2.05, 4.69) is 0 Å². The van der Waals surface area contributed by atoms with E-state index in [1.54, 1.807) is 12.1 Å². The van der Waals surface area contributed by atoms with Gasteiger partial charge in [0.25, 0.3) is 11.8 Å². The van der Waals surface area contributed by atoms with Gasteiger partial charge in [-0.3, -0.25) is 14.5 Å². The number of benzene rings is 1. The molecule has 2 rings (SSSR count). The van der Waals surface area contributed by atoms with Gasteiger partial charge in [0.05, 0.1) is 23.6 Å². The summed E-state index contributed by atoms with van der Waals surface area (Å²) in [5.41, 5.74) is 0.479. The van der Waals surface area contributed by atoms with E-state index in [1.807, 2.05) is 0 Å². The molecule has 0 atom stereocenters. The molecule has 5 nitrogen and oxygen atoms in total. The van der Waals surface area contributed by atoms with Crippen molar-refractivity contribution in [3.8, 4) is 0 Å². The minimum atomic E-state index is -1.45. The number of imide groups is 1. The van der Waals surface area contributed by atoms with Crippen LogP contribution in [0.15, 0.2) is 24.3 Å². The third kappa shape index (κ3) is 1.38. The van der Waals surface area contributed by atoms with E-state index in [0.29, 0.717) is 4.90 Å². The molecule has 0 N–H and O–H groups in total. The van der Waals surface area contributed by atoms with Gasteiger partial charge in [-0.15, -0.1) is 0 Å². The predicted octanol–water partition coefficient (Wildman–Crippen LogP) is -0.968. The van der Waals surface area contributed by atoms with Crippen LogP contribution in [0, 0.1) is 0 Å². The Kier molecular flexibility index (Phi) is 2.00. The number of carbonyl (C=O) groups is 3. The van der Waals surface area contributed by atoms with E-state index in [1.165, 1.54) is 12.1 Å². The molecule has 1 aromatic rings. The quantitative estimate of drug-likeness (QED) is 0.581. The van der Waals surface area contributed by atoms with Gasteiger partial charge in [0.15, 0.2) is 0 Å². The standard InChI is InChI=1S/C10H7NO4/c12-8(13)5-11-9(14)6-3-1-2-4-7(6)10(11)15/h1-4H,5H2,(H,12,13)/p-1. The molecular weight excluding hydrogens is 198 g/mol. The number of amides is 2. The van der Waals surface area contributed by atoms with Crippen molar-refractivity contribution in [2.24, 2.45) is 0 Å². The van der Waals surface area contributed by atoms with Gasteiger partial charge in [0.2, 0.25) is 0 Å². The molecule has 2 amide bonds. The lowest BCUT2D eigenvalue weighted by Gasteiger charge is -2.13. The van der Waals surface area contributed by atoms with Gasteiger partial charge in [-0.1, -0.05) is 12.1 Å². The van der Waals surface area contributed by atoms with Crippen LogP contribution >= 0.6 is 0 Å². The van der Waals surface area contributed by atoms with Crippen LogP contribution in [0.25, 0.3) is 0 Å². The Morgan fingerprint density at radius 1 is 1.13 bits per heavy atom. The monoisotopic (exact) mass is 204 g/mol. The third-order valence-corrected chi connectivity index (χ3v) is 2.17. The summed E-state index contributed by atoms with van der Waals surface area (Å²) in [6.07, 6.45) is 0. The average Bonchev–Trinajstić information content (AvgIpc) is 2.44. The Hall–Kier alpha value is -2.17. The van der Waals surface area contributed by atoms with E-state index >= 15 is 0 Å². The van der Waals surface area contributed by atoms with Crippen molar-refractivity contribution in [1.82, 2.24) is 4.90 Å². The van der Waals surface area contributed by atoms with E-state index in [9.17, 15) is 19.5 Å². The minimum absolute atomic E-state index is 0.240. The van der Waals surface area contributed by atoms with Crippen molar-refractivity contribution in [2.45, 2.75) is 0 Å². The van der Waals surface area contributed by atoms with Crippen molar-refractivity contribution in [3.63, 3.8) is 0 Å². The normalized spacial score (nSPS) is 14.3. The van der Waals surface area contributed by atoms with E-state index in [4.69, 9.17) is 0 Å². The van der Waals surface area contributed by atoms with Crippen LogP contribution in [0.2, 0.25) is 0 Å². The molecule has 0 fully saturated rings. The second-order valence-electron chi connectivity index (χ2n) is 3.11. The highest BCUT2D eigenvalue weighted by atomic mass is 16.4. The lowest BCUT2D eigenvalue weighted by Crippen LogP contribution is -2.41. The summed E-state index contributed by atoms with van der Waals surface area (Å²) in [6.45, 7) is -0.702. The zero-order valence-corrected chi connectivity index (χ0v) is 7.60. The molecule has 0 unspecified atom stereocenters. The Morgan fingerprint density at radius 3 is 2.00 bits per heavy atom. The summed E-state index contributed by atoms with van der Waals surface area (Å²) in [5.74, 6) is -2.62. The van der Waals surface area contributed by atoms with Crippen molar-refractivity contribution in [1.29, 1.82) is 0 Å². The van der Waals surface area contributed by atoms with Crippen molar-refractivity contribution < 1.29 is 19.5 Å². The molecule has 0 saturated carbocycles. The minimum Gasteiger partial charge on any atom is -0.548 e. The molecule has 0 bridgehead atoms. The van der Waals surface area contributed by atoms with Crippen LogP contribution < -0.4 is 5.11 Å². The van der Waals surface area contributed by atoms with Gasteiger partial charge in [0, 0.05) is 0 Å². The highest BCUT2D eigenvalue weighted by Crippen LogP contribution is 2.21. The maximum Gasteiger partial charge on any atom is 0.261 e. The van der Waals surface area contributed by atoms with Crippen LogP contribution in [0.1, 0.15) is 20.7 Å². The predicted molar refractivity (Wildman–Crippen MR) is 46.8 cm³/mol. The maximum atomic E-state index is 11.6. The van der Waals surface area contributed by atoms with Crippen molar-refractivity contribution >= 4 is 17.8 Å². The molecular formula is C10H6NO4-.